The van der Waals surface area contributed by atoms with Crippen LogP contribution in [-0.2, 0) is 0 Å². The predicted molar refractivity (Wildman–Crippen MR) is 118 cm³/mol. The first-order chi connectivity index (χ1) is 13.6. The van der Waals surface area contributed by atoms with Gasteiger partial charge < -0.3 is 9.47 Å². The molecule has 0 saturated heterocycles. The number of ether oxygens (including phenoxy) is 2. The van der Waals surface area contributed by atoms with Gasteiger partial charge in [0.25, 0.3) is 0 Å². The topological polar surface area (TPSA) is 55.7 Å². The Hall–Kier alpha value is -2.28. The molecule has 0 aliphatic carbocycles. The molecule has 146 valence electrons. The minimum Gasteiger partial charge on any atom is -0.490 e. The van der Waals surface area contributed by atoms with Crippen LogP contribution in [0, 0.1) is 0 Å². The number of nitrogens with zero attached hydrogens (tertiary/aromatic N) is 2. The van der Waals surface area contributed by atoms with Crippen molar-refractivity contribution >= 4 is 45.9 Å². The van der Waals surface area contributed by atoms with Crippen LogP contribution in [-0.4, -0.2) is 24.4 Å². The summed E-state index contributed by atoms with van der Waals surface area (Å²) in [6, 6.07) is 11.0. The molecular weight excluding hydrogens is 417 g/mol. The molecule has 0 fully saturated rings. The lowest BCUT2D eigenvalue weighted by atomic mass is 10.2. The van der Waals surface area contributed by atoms with Crippen molar-refractivity contribution in [3.63, 3.8) is 0 Å². The fraction of sp³-hybridized carbons (Fsp3) is 0.200. The zero-order valence-corrected chi connectivity index (χ0v) is 17.7. The van der Waals surface area contributed by atoms with Crippen LogP contribution >= 0.6 is 34.5 Å². The number of benzene rings is 2. The molecule has 0 amide bonds. The molecule has 2 aromatic carbocycles. The second-order valence-corrected chi connectivity index (χ2v) is 7.31. The molecule has 0 atom stereocenters. The maximum Gasteiger partial charge on any atom is 0.203 e. The fourth-order valence-corrected chi connectivity index (χ4v) is 3.62. The van der Waals surface area contributed by atoms with Crippen LogP contribution in [0.2, 0.25) is 10.0 Å². The van der Waals surface area contributed by atoms with Gasteiger partial charge in [0.15, 0.2) is 11.5 Å². The summed E-state index contributed by atoms with van der Waals surface area (Å²) in [4.78, 5) is 4.51. The number of halogens is 2. The zero-order valence-electron chi connectivity index (χ0n) is 15.4. The summed E-state index contributed by atoms with van der Waals surface area (Å²) >= 11 is 13.6. The normalized spacial score (nSPS) is 11.0. The molecule has 3 rings (SSSR count). The Morgan fingerprint density at radius 1 is 1.07 bits per heavy atom. The second-order valence-electron chi connectivity index (χ2n) is 5.60. The lowest BCUT2D eigenvalue weighted by Crippen LogP contribution is -1.99. The molecule has 1 aromatic heterocycles. The summed E-state index contributed by atoms with van der Waals surface area (Å²) in [6.45, 7) is 5.02. The van der Waals surface area contributed by atoms with Gasteiger partial charge >= 0.3 is 0 Å². The van der Waals surface area contributed by atoms with E-state index in [0.29, 0.717) is 34.1 Å². The Morgan fingerprint density at radius 3 is 2.61 bits per heavy atom. The molecule has 0 bridgehead atoms. The van der Waals surface area contributed by atoms with Gasteiger partial charge in [-0.3, -0.25) is 5.43 Å². The average molecular weight is 436 g/mol. The molecule has 0 saturated carbocycles. The molecule has 3 aromatic rings. The van der Waals surface area contributed by atoms with Gasteiger partial charge in [-0.05, 0) is 55.8 Å². The maximum atomic E-state index is 6.24. The third kappa shape index (κ3) is 5.16. The molecule has 1 heterocycles. The number of aromatic nitrogens is 1. The maximum absolute atomic E-state index is 6.24. The monoisotopic (exact) mass is 435 g/mol. The van der Waals surface area contributed by atoms with Crippen LogP contribution in [0.4, 0.5) is 5.13 Å². The van der Waals surface area contributed by atoms with E-state index >= 15 is 0 Å². The van der Waals surface area contributed by atoms with Gasteiger partial charge in [0.05, 0.1) is 30.1 Å². The van der Waals surface area contributed by atoms with E-state index in [1.165, 1.54) is 11.3 Å². The van der Waals surface area contributed by atoms with Gasteiger partial charge in [-0.1, -0.05) is 23.2 Å². The average Bonchev–Trinajstić information content (AvgIpc) is 3.13. The van der Waals surface area contributed by atoms with Crippen molar-refractivity contribution in [2.75, 3.05) is 18.6 Å². The highest BCUT2D eigenvalue weighted by Crippen LogP contribution is 2.32. The first-order valence-electron chi connectivity index (χ1n) is 8.70. The van der Waals surface area contributed by atoms with Gasteiger partial charge in [0.2, 0.25) is 5.13 Å². The zero-order chi connectivity index (χ0) is 19.9. The minimum atomic E-state index is 0.561. The third-order valence-electron chi connectivity index (χ3n) is 3.65. The molecule has 0 spiro atoms. The van der Waals surface area contributed by atoms with Crippen LogP contribution in [0.1, 0.15) is 19.4 Å². The van der Waals surface area contributed by atoms with E-state index in [4.69, 9.17) is 32.7 Å². The van der Waals surface area contributed by atoms with E-state index < -0.39 is 0 Å². The number of nitrogens with one attached hydrogen (secondary N) is 1. The summed E-state index contributed by atoms with van der Waals surface area (Å²) in [5, 5.41) is 7.98. The molecule has 5 nitrogen and oxygen atoms in total. The minimum absolute atomic E-state index is 0.561. The number of hydrogen-bond acceptors (Lipinski definition) is 6. The van der Waals surface area contributed by atoms with Crippen molar-refractivity contribution in [3.05, 3.63) is 57.4 Å². The molecule has 1 N–H and O–H groups in total. The van der Waals surface area contributed by atoms with E-state index in [0.717, 1.165) is 22.6 Å². The van der Waals surface area contributed by atoms with Crippen molar-refractivity contribution in [1.82, 2.24) is 4.98 Å². The summed E-state index contributed by atoms with van der Waals surface area (Å²) in [5.41, 5.74) is 5.42. The lowest BCUT2D eigenvalue weighted by molar-refractivity contribution is 0.288. The Labute approximate surface area is 177 Å². The first kappa shape index (κ1) is 20.5. The highest BCUT2D eigenvalue weighted by molar-refractivity contribution is 7.14. The largest absolute Gasteiger partial charge is 0.490 e. The van der Waals surface area contributed by atoms with Crippen LogP contribution < -0.4 is 14.9 Å². The van der Waals surface area contributed by atoms with Crippen molar-refractivity contribution in [1.29, 1.82) is 0 Å². The highest BCUT2D eigenvalue weighted by atomic mass is 35.5. The molecule has 28 heavy (non-hydrogen) atoms. The molecule has 0 aliphatic heterocycles. The first-order valence-corrected chi connectivity index (χ1v) is 10.3. The number of thiazole rings is 1. The summed E-state index contributed by atoms with van der Waals surface area (Å²) < 4.78 is 11.2. The number of hydrazone groups is 1. The Balaban J connectivity index is 1.70. The van der Waals surface area contributed by atoms with Gasteiger partial charge in [-0.2, -0.15) is 5.10 Å². The van der Waals surface area contributed by atoms with Crippen LogP contribution in [0.25, 0.3) is 11.3 Å². The summed E-state index contributed by atoms with van der Waals surface area (Å²) in [7, 11) is 0. The van der Waals surface area contributed by atoms with Gasteiger partial charge in [0, 0.05) is 16.0 Å². The fourth-order valence-electron chi connectivity index (χ4n) is 2.46. The molecule has 0 aliphatic rings. The smallest absolute Gasteiger partial charge is 0.203 e. The quantitative estimate of drug-likeness (QED) is 0.330. The van der Waals surface area contributed by atoms with Crippen molar-refractivity contribution in [3.8, 4) is 22.8 Å². The number of hydrogen-bond donors (Lipinski definition) is 1. The Bertz CT molecular complexity index is 976. The Kier molecular flexibility index (Phi) is 7.14. The molecule has 0 unspecified atom stereocenters. The lowest BCUT2D eigenvalue weighted by Gasteiger charge is -2.11. The van der Waals surface area contributed by atoms with Crippen molar-refractivity contribution < 1.29 is 9.47 Å². The van der Waals surface area contributed by atoms with Crippen LogP contribution in [0.15, 0.2) is 46.9 Å². The molecule has 8 heteroatoms. The van der Waals surface area contributed by atoms with Crippen molar-refractivity contribution in [2.24, 2.45) is 5.10 Å². The van der Waals surface area contributed by atoms with E-state index in [1.807, 2.05) is 43.5 Å². The van der Waals surface area contributed by atoms with Crippen molar-refractivity contribution in [2.45, 2.75) is 13.8 Å². The second kappa shape index (κ2) is 9.78. The highest BCUT2D eigenvalue weighted by Gasteiger charge is 2.09. The number of anilines is 1. The van der Waals surface area contributed by atoms with E-state index in [2.05, 4.69) is 15.5 Å². The van der Waals surface area contributed by atoms with Crippen LogP contribution in [0.3, 0.4) is 0 Å². The van der Waals surface area contributed by atoms with E-state index in [9.17, 15) is 0 Å². The summed E-state index contributed by atoms with van der Waals surface area (Å²) in [6.07, 6.45) is 1.70. The number of rotatable bonds is 8. The van der Waals surface area contributed by atoms with Crippen LogP contribution in [0.5, 0.6) is 11.5 Å². The molecular formula is C20H19Cl2N3O2S. The van der Waals surface area contributed by atoms with Gasteiger partial charge in [-0.15, -0.1) is 11.3 Å². The SMILES string of the molecule is CCOc1ccc(/C=N/Nc2nc(-c3ccc(Cl)cc3Cl)cs2)cc1OCC. The predicted octanol–water partition coefficient (Wildman–Crippen LogP) is 6.36. The van der Waals surface area contributed by atoms with E-state index in [1.54, 1.807) is 18.3 Å². The third-order valence-corrected chi connectivity index (χ3v) is 4.95. The molecule has 0 radical (unpaired) electrons. The summed E-state index contributed by atoms with van der Waals surface area (Å²) in [5.74, 6) is 1.42. The standard InChI is InChI=1S/C20H19Cl2N3O2S/c1-3-26-18-8-5-13(9-19(18)27-4-2)11-23-25-20-24-17(12-28-20)15-7-6-14(21)10-16(15)22/h5-12H,3-4H2,1-2H3,(H,24,25)/b23-11+. The van der Waals surface area contributed by atoms with Gasteiger partial charge in [-0.25, -0.2) is 4.98 Å². The van der Waals surface area contributed by atoms with Gasteiger partial charge in [0.1, 0.15) is 0 Å². The Morgan fingerprint density at radius 2 is 1.86 bits per heavy atom. The van der Waals surface area contributed by atoms with E-state index in [-0.39, 0.29) is 0 Å².